The summed E-state index contributed by atoms with van der Waals surface area (Å²) < 4.78 is 11.2. The molecule has 3 aromatic carbocycles. The van der Waals surface area contributed by atoms with E-state index in [0.29, 0.717) is 19.4 Å². The molecule has 0 saturated carbocycles. The van der Waals surface area contributed by atoms with Crippen molar-refractivity contribution < 1.29 is 19.1 Å². The molecule has 2 atom stereocenters. The minimum Gasteiger partial charge on any atom is -0.489 e. The van der Waals surface area contributed by atoms with Gasteiger partial charge in [-0.25, -0.2) is 4.79 Å². The Morgan fingerprint density at radius 3 is 2.31 bits per heavy atom. The number of benzene rings is 3. The molecule has 5 nitrogen and oxygen atoms in total. The van der Waals surface area contributed by atoms with E-state index < -0.39 is 11.5 Å². The first-order chi connectivity index (χ1) is 16.8. The van der Waals surface area contributed by atoms with Crippen LogP contribution >= 0.6 is 0 Å². The molecule has 0 unspecified atom stereocenters. The Morgan fingerprint density at radius 2 is 1.60 bits per heavy atom. The number of hydrogen-bond acceptors (Lipinski definition) is 4. The highest BCUT2D eigenvalue weighted by atomic mass is 16.5. The second-order valence-corrected chi connectivity index (χ2v) is 10.0. The minimum atomic E-state index is -0.663. The lowest BCUT2D eigenvalue weighted by Gasteiger charge is -2.44. The predicted octanol–water partition coefficient (Wildman–Crippen LogP) is 5.52. The normalized spacial score (nSPS) is 17.4. The maximum atomic E-state index is 13.7. The molecule has 1 aliphatic heterocycles. The van der Waals surface area contributed by atoms with Gasteiger partial charge in [-0.2, -0.15) is 0 Å². The van der Waals surface area contributed by atoms with Gasteiger partial charge in [-0.1, -0.05) is 87.5 Å². The summed E-state index contributed by atoms with van der Waals surface area (Å²) in [5.41, 5.74) is 3.63. The average molecular weight is 472 g/mol. The molecular weight excluding hydrogens is 438 g/mol. The summed E-state index contributed by atoms with van der Waals surface area (Å²) in [5.74, 6) is 0.319. The molecule has 0 aromatic heterocycles. The van der Waals surface area contributed by atoms with Crippen molar-refractivity contribution >= 4 is 11.9 Å². The predicted molar refractivity (Wildman–Crippen MR) is 136 cm³/mol. The molecule has 1 amide bonds. The summed E-state index contributed by atoms with van der Waals surface area (Å²) in [5, 5.41) is 0. The molecule has 0 bridgehead atoms. The number of methoxy groups -OCH3 is 1. The summed E-state index contributed by atoms with van der Waals surface area (Å²) in [6.07, 6.45) is 1.01. The van der Waals surface area contributed by atoms with E-state index in [4.69, 9.17) is 9.47 Å². The van der Waals surface area contributed by atoms with Gasteiger partial charge in [0, 0.05) is 11.8 Å². The Labute approximate surface area is 207 Å². The van der Waals surface area contributed by atoms with Gasteiger partial charge in [0.15, 0.2) is 0 Å². The quantitative estimate of drug-likeness (QED) is 0.444. The SMILES string of the molecule is COC(=O)[C@@H]1Cc2ccccc2[C@@H](Cc2cccc(OCc3ccccc3)c2)N1C(=O)C(C)(C)C. The number of hydrogen-bond donors (Lipinski definition) is 0. The monoisotopic (exact) mass is 471 g/mol. The van der Waals surface area contributed by atoms with E-state index in [9.17, 15) is 9.59 Å². The van der Waals surface area contributed by atoms with Crippen molar-refractivity contribution in [1.29, 1.82) is 0 Å². The summed E-state index contributed by atoms with van der Waals surface area (Å²) in [6, 6.07) is 25.1. The Hall–Kier alpha value is -3.60. The maximum absolute atomic E-state index is 13.7. The summed E-state index contributed by atoms with van der Waals surface area (Å²) in [4.78, 5) is 28.3. The molecule has 0 aliphatic carbocycles. The fourth-order valence-corrected chi connectivity index (χ4v) is 4.66. The highest BCUT2D eigenvalue weighted by molar-refractivity contribution is 5.88. The van der Waals surface area contributed by atoms with Crippen molar-refractivity contribution in [2.75, 3.05) is 7.11 Å². The second kappa shape index (κ2) is 10.3. The molecule has 3 aromatic rings. The molecular formula is C30H33NO4. The van der Waals surface area contributed by atoms with Crippen LogP contribution in [0.2, 0.25) is 0 Å². The molecule has 0 saturated heterocycles. The van der Waals surface area contributed by atoms with Crippen LogP contribution in [-0.4, -0.2) is 29.9 Å². The van der Waals surface area contributed by atoms with Crippen LogP contribution in [0.15, 0.2) is 78.9 Å². The maximum Gasteiger partial charge on any atom is 0.328 e. The van der Waals surface area contributed by atoms with E-state index in [0.717, 1.165) is 28.0 Å². The zero-order valence-corrected chi connectivity index (χ0v) is 20.9. The first kappa shape index (κ1) is 24.5. The third kappa shape index (κ3) is 5.56. The van der Waals surface area contributed by atoms with E-state index in [1.54, 1.807) is 4.90 Å². The van der Waals surface area contributed by atoms with Gasteiger partial charge in [0.25, 0.3) is 0 Å². The molecule has 182 valence electrons. The molecule has 35 heavy (non-hydrogen) atoms. The summed E-state index contributed by atoms with van der Waals surface area (Å²) in [6.45, 7) is 6.15. The van der Waals surface area contributed by atoms with Crippen molar-refractivity contribution in [1.82, 2.24) is 4.90 Å². The van der Waals surface area contributed by atoms with Crippen LogP contribution in [0.1, 0.15) is 49.1 Å². The number of ether oxygens (including phenoxy) is 2. The summed E-state index contributed by atoms with van der Waals surface area (Å²) >= 11 is 0. The molecule has 0 spiro atoms. The van der Waals surface area contributed by atoms with E-state index >= 15 is 0 Å². The first-order valence-electron chi connectivity index (χ1n) is 12.0. The van der Waals surface area contributed by atoms with Gasteiger partial charge >= 0.3 is 5.97 Å². The van der Waals surface area contributed by atoms with Crippen LogP contribution < -0.4 is 4.74 Å². The Bertz CT molecular complexity index is 1180. The number of nitrogens with zero attached hydrogens (tertiary/aromatic N) is 1. The van der Waals surface area contributed by atoms with Gasteiger partial charge in [0.05, 0.1) is 13.2 Å². The van der Waals surface area contributed by atoms with E-state index in [1.165, 1.54) is 7.11 Å². The average Bonchev–Trinajstić information content (AvgIpc) is 2.86. The van der Waals surface area contributed by atoms with E-state index in [1.807, 2.05) is 93.6 Å². The van der Waals surface area contributed by atoms with Crippen LogP contribution in [0.5, 0.6) is 5.75 Å². The topological polar surface area (TPSA) is 55.8 Å². The van der Waals surface area contributed by atoms with Gasteiger partial charge in [0.2, 0.25) is 5.91 Å². The zero-order valence-electron chi connectivity index (χ0n) is 20.9. The van der Waals surface area contributed by atoms with Gasteiger partial charge in [-0.05, 0) is 40.8 Å². The second-order valence-electron chi connectivity index (χ2n) is 10.0. The lowest BCUT2D eigenvalue weighted by Crippen LogP contribution is -2.55. The lowest BCUT2D eigenvalue weighted by molar-refractivity contribution is -0.159. The highest BCUT2D eigenvalue weighted by Gasteiger charge is 2.44. The Balaban J connectivity index is 1.67. The van der Waals surface area contributed by atoms with Crippen LogP contribution in [-0.2, 0) is 33.8 Å². The van der Waals surface area contributed by atoms with Crippen molar-refractivity contribution in [3.05, 3.63) is 101 Å². The van der Waals surface area contributed by atoms with Crippen LogP contribution in [0.25, 0.3) is 0 Å². The number of amides is 1. The van der Waals surface area contributed by atoms with Crippen LogP contribution in [0.3, 0.4) is 0 Å². The van der Waals surface area contributed by atoms with E-state index in [2.05, 4.69) is 6.07 Å². The fourth-order valence-electron chi connectivity index (χ4n) is 4.66. The van der Waals surface area contributed by atoms with Crippen LogP contribution in [0.4, 0.5) is 0 Å². The Kier molecular flexibility index (Phi) is 7.25. The standard InChI is InChI=1S/C30H33NO4/c1-30(2,3)29(33)31-26(25-16-9-8-14-23(25)19-27(31)28(32)34-4)18-22-13-10-15-24(17-22)35-20-21-11-6-5-7-12-21/h5-17,26-27H,18-20H2,1-4H3/t26-,27+/m1/s1. The number of carbonyl (C=O) groups excluding carboxylic acids is 2. The molecule has 0 fully saturated rings. The number of fused-ring (bicyclic) bond motifs is 1. The summed E-state index contributed by atoms with van der Waals surface area (Å²) in [7, 11) is 1.38. The molecule has 1 aliphatic rings. The van der Waals surface area contributed by atoms with Crippen molar-refractivity contribution in [2.24, 2.45) is 5.41 Å². The number of rotatable bonds is 6. The largest absolute Gasteiger partial charge is 0.489 e. The molecule has 4 rings (SSSR count). The van der Waals surface area contributed by atoms with Crippen molar-refractivity contribution in [3.63, 3.8) is 0 Å². The lowest BCUT2D eigenvalue weighted by atomic mass is 9.82. The number of esters is 1. The smallest absolute Gasteiger partial charge is 0.328 e. The molecule has 5 heteroatoms. The molecule has 0 radical (unpaired) electrons. The zero-order chi connectivity index (χ0) is 25.0. The third-order valence-electron chi connectivity index (χ3n) is 6.42. The minimum absolute atomic E-state index is 0.0658. The highest BCUT2D eigenvalue weighted by Crippen LogP contribution is 2.39. The van der Waals surface area contributed by atoms with Gasteiger partial charge in [0.1, 0.15) is 18.4 Å². The number of carbonyl (C=O) groups is 2. The molecule has 0 N–H and O–H groups in total. The first-order valence-corrected chi connectivity index (χ1v) is 12.0. The van der Waals surface area contributed by atoms with Crippen LogP contribution in [0, 0.1) is 5.41 Å². The fraction of sp³-hybridized carbons (Fsp3) is 0.333. The van der Waals surface area contributed by atoms with Gasteiger partial charge < -0.3 is 14.4 Å². The van der Waals surface area contributed by atoms with Crippen molar-refractivity contribution in [3.8, 4) is 5.75 Å². The molecule has 1 heterocycles. The Morgan fingerprint density at radius 1 is 0.914 bits per heavy atom. The third-order valence-corrected chi connectivity index (χ3v) is 6.42. The van der Waals surface area contributed by atoms with Gasteiger partial charge in [-0.15, -0.1) is 0 Å². The van der Waals surface area contributed by atoms with E-state index in [-0.39, 0.29) is 17.9 Å². The van der Waals surface area contributed by atoms with Gasteiger partial charge in [-0.3, -0.25) is 4.79 Å². The van der Waals surface area contributed by atoms with Crippen molar-refractivity contribution in [2.45, 2.75) is 52.3 Å².